The average Bonchev–Trinajstić information content (AvgIpc) is 2.48. The first-order chi connectivity index (χ1) is 5.72. The summed E-state index contributed by atoms with van der Waals surface area (Å²) < 4.78 is 0. The molecule has 0 spiro atoms. The summed E-state index contributed by atoms with van der Waals surface area (Å²) in [5.74, 6) is -0.0591. The van der Waals surface area contributed by atoms with Crippen LogP contribution >= 0.6 is 11.3 Å². The maximum Gasteiger partial charge on any atom is 0.217 e. The first kappa shape index (κ1) is 8.92. The van der Waals surface area contributed by atoms with Gasteiger partial charge in [-0.05, 0) is 0 Å². The molecule has 2 N–H and O–H groups in total. The Labute approximate surface area is 74.2 Å². The van der Waals surface area contributed by atoms with Crippen molar-refractivity contribution in [1.82, 2.24) is 15.5 Å². The Morgan fingerprint density at radius 1 is 1.58 bits per heavy atom. The molecule has 0 saturated heterocycles. The summed E-state index contributed by atoms with van der Waals surface area (Å²) in [5, 5.41) is 14.7. The van der Waals surface area contributed by atoms with E-state index < -0.39 is 0 Å². The molecule has 0 saturated carbocycles. The number of carbonyl (C=O) groups excluding carboxylic acids is 1. The van der Waals surface area contributed by atoms with Crippen LogP contribution in [0.5, 0.6) is 0 Å². The van der Waals surface area contributed by atoms with Crippen molar-refractivity contribution in [2.75, 3.05) is 12.4 Å². The van der Waals surface area contributed by atoms with E-state index in [1.165, 1.54) is 18.3 Å². The van der Waals surface area contributed by atoms with Gasteiger partial charge in [-0.15, -0.1) is 10.2 Å². The number of nitrogens with one attached hydrogen (secondary N) is 2. The predicted octanol–water partition coefficient (Wildman–Crippen LogP) is 0.216. The zero-order chi connectivity index (χ0) is 8.97. The SMILES string of the molecule is CNc1nnc(CNC(C)=O)s1. The van der Waals surface area contributed by atoms with Crippen molar-refractivity contribution in [3.05, 3.63) is 5.01 Å². The second-order valence-corrected chi connectivity index (χ2v) is 3.22. The monoisotopic (exact) mass is 186 g/mol. The summed E-state index contributed by atoms with van der Waals surface area (Å²) in [4.78, 5) is 10.5. The molecular formula is C6H10N4OS. The third-order valence-corrected chi connectivity index (χ3v) is 2.11. The van der Waals surface area contributed by atoms with Gasteiger partial charge in [-0.25, -0.2) is 0 Å². The van der Waals surface area contributed by atoms with E-state index in [4.69, 9.17) is 0 Å². The minimum atomic E-state index is -0.0591. The lowest BCUT2D eigenvalue weighted by atomic mass is 10.6. The Morgan fingerprint density at radius 3 is 2.83 bits per heavy atom. The Morgan fingerprint density at radius 2 is 2.33 bits per heavy atom. The Bertz CT molecular complexity index is 272. The molecule has 1 aromatic rings. The molecule has 0 aromatic carbocycles. The second kappa shape index (κ2) is 4.01. The highest BCUT2D eigenvalue weighted by Gasteiger charge is 2.01. The third-order valence-electron chi connectivity index (χ3n) is 1.17. The van der Waals surface area contributed by atoms with E-state index in [1.807, 2.05) is 0 Å². The highest BCUT2D eigenvalue weighted by molar-refractivity contribution is 7.15. The molecule has 1 aromatic heterocycles. The second-order valence-electron chi connectivity index (χ2n) is 2.16. The van der Waals surface area contributed by atoms with Crippen LogP contribution in [0.25, 0.3) is 0 Å². The van der Waals surface area contributed by atoms with E-state index >= 15 is 0 Å². The Hall–Kier alpha value is -1.17. The van der Waals surface area contributed by atoms with Crippen LogP contribution in [-0.2, 0) is 11.3 Å². The van der Waals surface area contributed by atoms with Crippen LogP contribution in [0, 0.1) is 0 Å². The topological polar surface area (TPSA) is 66.9 Å². The van der Waals surface area contributed by atoms with Crippen molar-refractivity contribution < 1.29 is 4.79 Å². The molecule has 0 aliphatic carbocycles. The summed E-state index contributed by atoms with van der Waals surface area (Å²) in [7, 11) is 1.78. The summed E-state index contributed by atoms with van der Waals surface area (Å²) in [6.45, 7) is 1.93. The van der Waals surface area contributed by atoms with Crippen LogP contribution in [0.15, 0.2) is 0 Å². The minimum Gasteiger partial charge on any atom is -0.363 e. The Balaban J connectivity index is 2.47. The van der Waals surface area contributed by atoms with Gasteiger partial charge in [0.2, 0.25) is 11.0 Å². The van der Waals surface area contributed by atoms with E-state index in [-0.39, 0.29) is 5.91 Å². The molecule has 0 aliphatic rings. The van der Waals surface area contributed by atoms with Gasteiger partial charge in [-0.1, -0.05) is 11.3 Å². The number of amides is 1. The molecule has 0 atom stereocenters. The number of carbonyl (C=O) groups is 1. The van der Waals surface area contributed by atoms with Crippen LogP contribution in [-0.4, -0.2) is 23.2 Å². The fourth-order valence-electron chi connectivity index (χ4n) is 0.626. The largest absolute Gasteiger partial charge is 0.363 e. The van der Waals surface area contributed by atoms with Crippen LogP contribution in [0.3, 0.4) is 0 Å². The van der Waals surface area contributed by atoms with Crippen LogP contribution < -0.4 is 10.6 Å². The number of hydrogen-bond acceptors (Lipinski definition) is 5. The summed E-state index contributed by atoms with van der Waals surface area (Å²) >= 11 is 1.43. The molecule has 1 amide bonds. The molecule has 66 valence electrons. The smallest absolute Gasteiger partial charge is 0.217 e. The van der Waals surface area contributed by atoms with Gasteiger partial charge < -0.3 is 10.6 Å². The summed E-state index contributed by atoms with van der Waals surface area (Å²) in [6, 6.07) is 0. The first-order valence-electron chi connectivity index (χ1n) is 3.47. The van der Waals surface area contributed by atoms with Gasteiger partial charge in [-0.3, -0.25) is 4.79 Å². The van der Waals surface area contributed by atoms with Crippen LogP contribution in [0.4, 0.5) is 5.13 Å². The standard InChI is InChI=1S/C6H10N4OS/c1-4(11)8-3-5-9-10-6(7-2)12-5/h3H2,1-2H3,(H,7,10)(H,8,11). The van der Waals surface area contributed by atoms with Gasteiger partial charge in [0.15, 0.2) is 0 Å². The summed E-state index contributed by atoms with van der Waals surface area (Å²) in [5.41, 5.74) is 0. The maximum atomic E-state index is 10.5. The number of anilines is 1. The molecule has 1 heterocycles. The van der Waals surface area contributed by atoms with Crippen molar-refractivity contribution >= 4 is 22.4 Å². The van der Waals surface area contributed by atoms with Crippen molar-refractivity contribution in [2.45, 2.75) is 13.5 Å². The first-order valence-corrected chi connectivity index (χ1v) is 4.28. The minimum absolute atomic E-state index is 0.0591. The van der Waals surface area contributed by atoms with E-state index in [2.05, 4.69) is 20.8 Å². The van der Waals surface area contributed by atoms with E-state index in [9.17, 15) is 4.79 Å². The molecule has 5 nitrogen and oxygen atoms in total. The fourth-order valence-corrected chi connectivity index (χ4v) is 1.26. The zero-order valence-corrected chi connectivity index (χ0v) is 7.73. The lowest BCUT2D eigenvalue weighted by Crippen LogP contribution is -2.18. The van der Waals surface area contributed by atoms with Gasteiger partial charge in [-0.2, -0.15) is 0 Å². The summed E-state index contributed by atoms with van der Waals surface area (Å²) in [6.07, 6.45) is 0. The molecule has 0 unspecified atom stereocenters. The van der Waals surface area contributed by atoms with Crippen molar-refractivity contribution in [3.63, 3.8) is 0 Å². The molecule has 0 bridgehead atoms. The quantitative estimate of drug-likeness (QED) is 0.708. The van der Waals surface area contributed by atoms with Gasteiger partial charge in [0.05, 0.1) is 6.54 Å². The van der Waals surface area contributed by atoms with E-state index in [0.717, 1.165) is 10.1 Å². The zero-order valence-electron chi connectivity index (χ0n) is 6.92. The number of rotatable bonds is 3. The van der Waals surface area contributed by atoms with Gasteiger partial charge in [0.1, 0.15) is 5.01 Å². The molecule has 0 aliphatic heterocycles. The third kappa shape index (κ3) is 2.46. The van der Waals surface area contributed by atoms with E-state index in [1.54, 1.807) is 7.05 Å². The molecule has 0 fully saturated rings. The van der Waals surface area contributed by atoms with Crippen molar-refractivity contribution in [1.29, 1.82) is 0 Å². The number of hydrogen-bond donors (Lipinski definition) is 2. The highest BCUT2D eigenvalue weighted by Crippen LogP contribution is 2.13. The molecule has 6 heteroatoms. The van der Waals surface area contributed by atoms with Crippen molar-refractivity contribution in [2.24, 2.45) is 0 Å². The number of nitrogens with zero attached hydrogens (tertiary/aromatic N) is 2. The van der Waals surface area contributed by atoms with Crippen LogP contribution in [0.1, 0.15) is 11.9 Å². The lowest BCUT2D eigenvalue weighted by molar-refractivity contribution is -0.119. The highest BCUT2D eigenvalue weighted by atomic mass is 32.1. The molecular weight excluding hydrogens is 176 g/mol. The Kier molecular flexibility index (Phi) is 2.98. The normalized spacial score (nSPS) is 9.50. The fraction of sp³-hybridized carbons (Fsp3) is 0.500. The van der Waals surface area contributed by atoms with Gasteiger partial charge in [0, 0.05) is 14.0 Å². The van der Waals surface area contributed by atoms with Gasteiger partial charge >= 0.3 is 0 Å². The van der Waals surface area contributed by atoms with Crippen LogP contribution in [0.2, 0.25) is 0 Å². The average molecular weight is 186 g/mol. The van der Waals surface area contributed by atoms with Crippen molar-refractivity contribution in [3.8, 4) is 0 Å². The molecule has 0 radical (unpaired) electrons. The number of aromatic nitrogens is 2. The van der Waals surface area contributed by atoms with Gasteiger partial charge in [0.25, 0.3) is 0 Å². The van der Waals surface area contributed by atoms with E-state index in [0.29, 0.717) is 6.54 Å². The lowest BCUT2D eigenvalue weighted by Gasteiger charge is -1.94. The predicted molar refractivity (Wildman–Crippen MR) is 47.0 cm³/mol. The molecule has 1 rings (SSSR count). The molecule has 12 heavy (non-hydrogen) atoms. The maximum absolute atomic E-state index is 10.5.